The van der Waals surface area contributed by atoms with Gasteiger partial charge < -0.3 is 10.1 Å². The number of nitrogens with zero attached hydrogens (tertiary/aromatic N) is 2. The first-order valence-corrected chi connectivity index (χ1v) is 8.03. The lowest BCUT2D eigenvalue weighted by atomic mass is 10.0. The van der Waals surface area contributed by atoms with E-state index in [0.717, 1.165) is 36.5 Å². The van der Waals surface area contributed by atoms with E-state index >= 15 is 0 Å². The fourth-order valence-corrected chi connectivity index (χ4v) is 2.88. The molecule has 2 heterocycles. The Morgan fingerprint density at radius 2 is 1.83 bits per heavy atom. The standard InChI is InChI=1S/C19H18FN3O/c20-17-5-7-18(8-6-17)23-13-16(11-22-23)14-1-3-15(4-2-14)19-12-21-9-10-24-19/h1-8,11,13,19,21H,9-10,12H2. The molecule has 4 rings (SSSR count). The molecule has 4 nitrogen and oxygen atoms in total. The van der Waals surface area contributed by atoms with Crippen molar-refractivity contribution in [2.75, 3.05) is 19.7 Å². The Morgan fingerprint density at radius 1 is 1.04 bits per heavy atom. The van der Waals surface area contributed by atoms with Crippen LogP contribution in [0.25, 0.3) is 16.8 Å². The molecule has 0 spiro atoms. The van der Waals surface area contributed by atoms with Gasteiger partial charge in [-0.25, -0.2) is 9.07 Å². The van der Waals surface area contributed by atoms with Gasteiger partial charge in [0.25, 0.3) is 0 Å². The average Bonchev–Trinajstić information content (AvgIpc) is 3.13. The molecule has 122 valence electrons. The summed E-state index contributed by atoms with van der Waals surface area (Å²) in [5.74, 6) is -0.249. The summed E-state index contributed by atoms with van der Waals surface area (Å²) in [7, 11) is 0. The van der Waals surface area contributed by atoms with Crippen LogP contribution in [0.15, 0.2) is 60.9 Å². The van der Waals surface area contributed by atoms with Crippen LogP contribution in [-0.4, -0.2) is 29.5 Å². The van der Waals surface area contributed by atoms with Crippen molar-refractivity contribution in [2.24, 2.45) is 0 Å². The summed E-state index contributed by atoms with van der Waals surface area (Å²) < 4.78 is 20.5. The Hall–Kier alpha value is -2.50. The highest BCUT2D eigenvalue weighted by Gasteiger charge is 2.15. The Bertz CT molecular complexity index is 805. The van der Waals surface area contributed by atoms with Gasteiger partial charge in [-0.3, -0.25) is 0 Å². The van der Waals surface area contributed by atoms with E-state index in [9.17, 15) is 4.39 Å². The lowest BCUT2D eigenvalue weighted by Crippen LogP contribution is -2.33. The molecule has 24 heavy (non-hydrogen) atoms. The fraction of sp³-hybridized carbons (Fsp3) is 0.211. The average molecular weight is 323 g/mol. The molecule has 1 aromatic heterocycles. The number of nitrogens with one attached hydrogen (secondary N) is 1. The predicted octanol–water partition coefficient (Wildman–Crippen LogP) is 3.34. The summed E-state index contributed by atoms with van der Waals surface area (Å²) in [4.78, 5) is 0. The highest BCUT2D eigenvalue weighted by atomic mass is 19.1. The highest BCUT2D eigenvalue weighted by Crippen LogP contribution is 2.24. The molecule has 1 N–H and O–H groups in total. The van der Waals surface area contributed by atoms with E-state index in [0.29, 0.717) is 0 Å². The molecule has 2 aromatic carbocycles. The molecule has 0 amide bonds. The maximum atomic E-state index is 13.0. The smallest absolute Gasteiger partial charge is 0.123 e. The Labute approximate surface area is 139 Å². The second kappa shape index (κ2) is 6.55. The van der Waals surface area contributed by atoms with E-state index in [4.69, 9.17) is 4.74 Å². The number of hydrogen-bond acceptors (Lipinski definition) is 3. The third kappa shape index (κ3) is 3.09. The molecule has 5 heteroatoms. The summed E-state index contributed by atoms with van der Waals surface area (Å²) in [6, 6.07) is 14.7. The summed E-state index contributed by atoms with van der Waals surface area (Å²) in [5, 5.41) is 7.70. The van der Waals surface area contributed by atoms with Crippen LogP contribution in [0.2, 0.25) is 0 Å². The largest absolute Gasteiger partial charge is 0.371 e. The van der Waals surface area contributed by atoms with Gasteiger partial charge in [0, 0.05) is 24.8 Å². The molecule has 1 unspecified atom stereocenters. The number of rotatable bonds is 3. The number of benzene rings is 2. The number of halogens is 1. The van der Waals surface area contributed by atoms with E-state index in [1.807, 2.05) is 12.4 Å². The number of morpholine rings is 1. The van der Waals surface area contributed by atoms with Gasteiger partial charge in [0.15, 0.2) is 0 Å². The van der Waals surface area contributed by atoms with Crippen LogP contribution < -0.4 is 5.32 Å². The molecule has 1 atom stereocenters. The molecule has 1 aliphatic heterocycles. The van der Waals surface area contributed by atoms with Crippen molar-refractivity contribution < 1.29 is 9.13 Å². The fourth-order valence-electron chi connectivity index (χ4n) is 2.88. The van der Waals surface area contributed by atoms with Gasteiger partial charge >= 0.3 is 0 Å². The Kier molecular flexibility index (Phi) is 4.11. The van der Waals surface area contributed by atoms with E-state index < -0.39 is 0 Å². The van der Waals surface area contributed by atoms with Crippen LogP contribution >= 0.6 is 0 Å². The Morgan fingerprint density at radius 3 is 2.54 bits per heavy atom. The summed E-state index contributed by atoms with van der Waals surface area (Å²) in [6.45, 7) is 2.51. The predicted molar refractivity (Wildman–Crippen MR) is 90.5 cm³/mol. The zero-order chi connectivity index (χ0) is 16.4. The van der Waals surface area contributed by atoms with Gasteiger partial charge in [0.05, 0.1) is 24.6 Å². The van der Waals surface area contributed by atoms with Crippen molar-refractivity contribution in [1.29, 1.82) is 0 Å². The topological polar surface area (TPSA) is 39.1 Å². The molecular weight excluding hydrogens is 305 g/mol. The minimum Gasteiger partial charge on any atom is -0.371 e. The molecule has 3 aromatic rings. The third-order valence-electron chi connectivity index (χ3n) is 4.22. The van der Waals surface area contributed by atoms with E-state index in [1.54, 1.807) is 16.8 Å². The minimum absolute atomic E-state index is 0.120. The van der Waals surface area contributed by atoms with E-state index in [1.165, 1.54) is 17.7 Å². The second-order valence-corrected chi connectivity index (χ2v) is 5.84. The monoisotopic (exact) mass is 323 g/mol. The van der Waals surface area contributed by atoms with Crippen molar-refractivity contribution in [2.45, 2.75) is 6.10 Å². The minimum atomic E-state index is -0.249. The van der Waals surface area contributed by atoms with Crippen LogP contribution in [0.3, 0.4) is 0 Å². The van der Waals surface area contributed by atoms with Gasteiger partial charge in [-0.05, 0) is 35.4 Å². The first kappa shape index (κ1) is 15.1. The first-order valence-electron chi connectivity index (χ1n) is 8.03. The Balaban J connectivity index is 1.54. The summed E-state index contributed by atoms with van der Waals surface area (Å²) in [5.41, 5.74) is 4.13. The SMILES string of the molecule is Fc1ccc(-n2cc(-c3ccc(C4CNCCO4)cc3)cn2)cc1. The maximum absolute atomic E-state index is 13.0. The summed E-state index contributed by atoms with van der Waals surface area (Å²) in [6.07, 6.45) is 3.88. The molecule has 1 aliphatic rings. The van der Waals surface area contributed by atoms with Crippen molar-refractivity contribution in [3.63, 3.8) is 0 Å². The maximum Gasteiger partial charge on any atom is 0.123 e. The van der Waals surface area contributed by atoms with Gasteiger partial charge in [0.2, 0.25) is 0 Å². The van der Waals surface area contributed by atoms with Crippen LogP contribution in [-0.2, 0) is 4.74 Å². The number of aromatic nitrogens is 2. The van der Waals surface area contributed by atoms with Gasteiger partial charge in [0.1, 0.15) is 5.82 Å². The zero-order valence-corrected chi connectivity index (χ0v) is 13.2. The summed E-state index contributed by atoms with van der Waals surface area (Å²) >= 11 is 0. The van der Waals surface area contributed by atoms with Gasteiger partial charge in [-0.1, -0.05) is 24.3 Å². The van der Waals surface area contributed by atoms with Crippen LogP contribution in [0.5, 0.6) is 0 Å². The van der Waals surface area contributed by atoms with Crippen molar-refractivity contribution >= 4 is 0 Å². The highest BCUT2D eigenvalue weighted by molar-refractivity contribution is 5.62. The van der Waals surface area contributed by atoms with Crippen LogP contribution in [0.4, 0.5) is 4.39 Å². The molecule has 1 saturated heterocycles. The van der Waals surface area contributed by atoms with E-state index in [2.05, 4.69) is 34.7 Å². The molecule has 0 bridgehead atoms. The quantitative estimate of drug-likeness (QED) is 0.803. The number of ether oxygens (including phenoxy) is 1. The normalized spacial score (nSPS) is 17.8. The van der Waals surface area contributed by atoms with Crippen molar-refractivity contribution in [3.05, 3.63) is 72.3 Å². The van der Waals surface area contributed by atoms with Gasteiger partial charge in [-0.15, -0.1) is 0 Å². The molecular formula is C19H18FN3O. The lowest BCUT2D eigenvalue weighted by Gasteiger charge is -2.24. The van der Waals surface area contributed by atoms with Crippen LogP contribution in [0.1, 0.15) is 11.7 Å². The molecule has 1 fully saturated rings. The van der Waals surface area contributed by atoms with E-state index in [-0.39, 0.29) is 11.9 Å². The zero-order valence-electron chi connectivity index (χ0n) is 13.2. The lowest BCUT2D eigenvalue weighted by molar-refractivity contribution is 0.0277. The van der Waals surface area contributed by atoms with Crippen molar-refractivity contribution in [3.8, 4) is 16.8 Å². The van der Waals surface area contributed by atoms with Crippen LogP contribution in [0, 0.1) is 5.82 Å². The number of hydrogen-bond donors (Lipinski definition) is 1. The van der Waals surface area contributed by atoms with Crippen molar-refractivity contribution in [1.82, 2.24) is 15.1 Å². The molecule has 0 aliphatic carbocycles. The second-order valence-electron chi connectivity index (χ2n) is 5.84. The third-order valence-corrected chi connectivity index (χ3v) is 4.22. The first-order chi connectivity index (χ1) is 11.8. The molecule has 0 saturated carbocycles. The molecule has 0 radical (unpaired) electrons. The van der Waals surface area contributed by atoms with Gasteiger partial charge in [-0.2, -0.15) is 5.10 Å².